The van der Waals surface area contributed by atoms with Crippen molar-refractivity contribution in [2.24, 2.45) is 5.92 Å². The summed E-state index contributed by atoms with van der Waals surface area (Å²) in [5.41, 5.74) is 0.550. The van der Waals surface area contributed by atoms with E-state index in [-0.39, 0.29) is 5.92 Å². The summed E-state index contributed by atoms with van der Waals surface area (Å²) in [6.07, 6.45) is 5.73. The minimum absolute atomic E-state index is 0.0905. The Morgan fingerprint density at radius 3 is 2.19 bits per heavy atom. The number of rotatable bonds is 5. The fourth-order valence-corrected chi connectivity index (χ4v) is 3.14. The molecule has 1 aliphatic carbocycles. The van der Waals surface area contributed by atoms with Crippen LogP contribution in [0.15, 0.2) is 12.1 Å². The smallest absolute Gasteiger partial charge is 0.194 e. The van der Waals surface area contributed by atoms with Crippen molar-refractivity contribution in [3.8, 4) is 0 Å². The minimum Gasteiger partial charge on any atom is -0.300 e. The highest BCUT2D eigenvalue weighted by Gasteiger charge is 2.24. The molecule has 0 radical (unpaired) electrons. The third kappa shape index (κ3) is 4.08. The first-order valence-corrected chi connectivity index (χ1v) is 7.67. The van der Waals surface area contributed by atoms with Crippen molar-refractivity contribution in [3.05, 3.63) is 35.1 Å². The molecule has 116 valence electrons. The molecule has 1 aromatic rings. The predicted octanol–water partition coefficient (Wildman–Crippen LogP) is 5.14. The van der Waals surface area contributed by atoms with Gasteiger partial charge in [-0.05, 0) is 61.6 Å². The van der Waals surface area contributed by atoms with Crippen LogP contribution in [0.3, 0.4) is 0 Å². The van der Waals surface area contributed by atoms with Gasteiger partial charge in [0.05, 0.1) is 0 Å². The number of hydrogen-bond acceptors (Lipinski definition) is 1. The van der Waals surface area contributed by atoms with Crippen molar-refractivity contribution in [2.45, 2.75) is 57.8 Å². The van der Waals surface area contributed by atoms with E-state index in [1.54, 1.807) is 0 Å². The number of carbonyl (C=O) groups excluding carboxylic acids is 1. The number of hydrogen-bond donors (Lipinski definition) is 0. The summed E-state index contributed by atoms with van der Waals surface area (Å²) in [5.74, 6) is -2.72. The van der Waals surface area contributed by atoms with Crippen LogP contribution >= 0.6 is 0 Å². The summed E-state index contributed by atoms with van der Waals surface area (Å²) in [6, 6.07) is 2.23. The highest BCUT2D eigenvalue weighted by atomic mass is 19.2. The third-order valence-electron chi connectivity index (χ3n) is 4.55. The Hall–Kier alpha value is -1.32. The fraction of sp³-hybridized carbons (Fsp3) is 0.588. The van der Waals surface area contributed by atoms with Gasteiger partial charge in [-0.2, -0.15) is 0 Å². The lowest BCUT2D eigenvalue weighted by Gasteiger charge is -2.28. The van der Waals surface area contributed by atoms with Crippen LogP contribution in [0.5, 0.6) is 0 Å². The quantitative estimate of drug-likeness (QED) is 0.688. The SMILES string of the molecule is CCC(=O)CC[C@H]1CC[C@H](c2cc(F)c(F)c(F)c2)CC1. The molecule has 0 amide bonds. The zero-order valence-electron chi connectivity index (χ0n) is 12.3. The summed E-state index contributed by atoms with van der Waals surface area (Å²) in [6.45, 7) is 1.87. The van der Waals surface area contributed by atoms with Gasteiger partial charge in [-0.3, -0.25) is 4.79 Å². The van der Waals surface area contributed by atoms with Crippen molar-refractivity contribution < 1.29 is 18.0 Å². The van der Waals surface area contributed by atoms with Crippen LogP contribution in [0, 0.1) is 23.4 Å². The molecule has 1 fully saturated rings. The van der Waals surface area contributed by atoms with Crippen molar-refractivity contribution in [2.75, 3.05) is 0 Å². The van der Waals surface area contributed by atoms with Gasteiger partial charge in [0.15, 0.2) is 17.5 Å². The molecule has 21 heavy (non-hydrogen) atoms. The van der Waals surface area contributed by atoms with Crippen LogP contribution in [0.25, 0.3) is 0 Å². The van der Waals surface area contributed by atoms with Gasteiger partial charge in [-0.1, -0.05) is 6.92 Å². The lowest BCUT2D eigenvalue weighted by molar-refractivity contribution is -0.119. The van der Waals surface area contributed by atoms with E-state index in [1.165, 1.54) is 0 Å². The van der Waals surface area contributed by atoms with Crippen LogP contribution in [0.1, 0.15) is 63.4 Å². The summed E-state index contributed by atoms with van der Waals surface area (Å²) >= 11 is 0. The van der Waals surface area contributed by atoms with Gasteiger partial charge in [0.25, 0.3) is 0 Å². The van der Waals surface area contributed by atoms with Gasteiger partial charge in [0, 0.05) is 12.8 Å². The van der Waals surface area contributed by atoms with E-state index < -0.39 is 17.5 Å². The topological polar surface area (TPSA) is 17.1 Å². The number of Topliss-reactive ketones (excluding diaryl/α,β-unsaturated/α-hetero) is 1. The third-order valence-corrected chi connectivity index (χ3v) is 4.55. The highest BCUT2D eigenvalue weighted by Crippen LogP contribution is 2.38. The minimum atomic E-state index is -1.40. The lowest BCUT2D eigenvalue weighted by atomic mass is 9.77. The zero-order valence-corrected chi connectivity index (χ0v) is 12.3. The molecule has 0 spiro atoms. The Labute approximate surface area is 123 Å². The molecule has 4 heteroatoms. The molecule has 2 rings (SSSR count). The monoisotopic (exact) mass is 298 g/mol. The lowest BCUT2D eigenvalue weighted by Crippen LogP contribution is -2.15. The van der Waals surface area contributed by atoms with Gasteiger partial charge in [-0.15, -0.1) is 0 Å². The molecular weight excluding hydrogens is 277 g/mol. The molecule has 1 aliphatic rings. The molecule has 0 saturated heterocycles. The molecule has 0 bridgehead atoms. The van der Waals surface area contributed by atoms with Crippen LogP contribution in [-0.2, 0) is 4.79 Å². The second-order valence-electron chi connectivity index (χ2n) is 5.95. The largest absolute Gasteiger partial charge is 0.300 e. The average Bonchev–Trinajstić information content (AvgIpc) is 2.50. The molecule has 0 N–H and O–H groups in total. The van der Waals surface area contributed by atoms with Gasteiger partial charge in [0.1, 0.15) is 5.78 Å². The van der Waals surface area contributed by atoms with Gasteiger partial charge >= 0.3 is 0 Å². The second kappa shape index (κ2) is 7.10. The maximum absolute atomic E-state index is 13.3. The molecule has 1 aromatic carbocycles. The molecule has 1 saturated carbocycles. The highest BCUT2D eigenvalue weighted by molar-refractivity contribution is 5.77. The maximum atomic E-state index is 13.3. The van der Waals surface area contributed by atoms with E-state index in [9.17, 15) is 18.0 Å². The summed E-state index contributed by atoms with van der Waals surface area (Å²) in [7, 11) is 0. The summed E-state index contributed by atoms with van der Waals surface area (Å²) < 4.78 is 39.5. The summed E-state index contributed by atoms with van der Waals surface area (Å²) in [4.78, 5) is 11.3. The molecule has 0 atom stereocenters. The first-order chi connectivity index (χ1) is 10.0. The molecule has 0 aliphatic heterocycles. The van der Waals surface area contributed by atoms with Crippen LogP contribution in [0.2, 0.25) is 0 Å². The Kier molecular flexibility index (Phi) is 5.43. The van der Waals surface area contributed by atoms with Crippen molar-refractivity contribution in [3.63, 3.8) is 0 Å². The van der Waals surface area contributed by atoms with E-state index >= 15 is 0 Å². The Bertz CT molecular complexity index is 482. The van der Waals surface area contributed by atoms with Crippen molar-refractivity contribution in [1.29, 1.82) is 0 Å². The van der Waals surface area contributed by atoms with E-state index in [0.717, 1.165) is 44.2 Å². The molecular formula is C17H21F3O. The first kappa shape index (κ1) is 16.1. The fourth-order valence-electron chi connectivity index (χ4n) is 3.14. The second-order valence-corrected chi connectivity index (χ2v) is 5.95. The van der Waals surface area contributed by atoms with Crippen LogP contribution < -0.4 is 0 Å². The van der Waals surface area contributed by atoms with Gasteiger partial charge in [0.2, 0.25) is 0 Å². The normalized spacial score (nSPS) is 22.3. The predicted molar refractivity (Wildman–Crippen MR) is 75.5 cm³/mol. The van der Waals surface area contributed by atoms with E-state index in [1.807, 2.05) is 6.92 Å². The molecule has 1 nitrogen and oxygen atoms in total. The van der Waals surface area contributed by atoms with E-state index in [4.69, 9.17) is 0 Å². The number of halogens is 3. The van der Waals surface area contributed by atoms with E-state index in [2.05, 4.69) is 0 Å². The van der Waals surface area contributed by atoms with Gasteiger partial charge in [-0.25, -0.2) is 13.2 Å². The number of benzene rings is 1. The molecule has 0 unspecified atom stereocenters. The molecule has 0 aromatic heterocycles. The molecule has 0 heterocycles. The Balaban J connectivity index is 1.90. The maximum Gasteiger partial charge on any atom is 0.194 e. The standard InChI is InChI=1S/C17H21F3O/c1-2-14(21)8-5-11-3-6-12(7-4-11)13-9-15(18)17(20)16(19)10-13/h9-12H,2-8H2,1H3/t11-,12-. The Morgan fingerprint density at radius 2 is 1.67 bits per heavy atom. The average molecular weight is 298 g/mol. The number of carbonyl (C=O) groups is 1. The Morgan fingerprint density at radius 1 is 1.10 bits per heavy atom. The van der Waals surface area contributed by atoms with E-state index in [0.29, 0.717) is 30.1 Å². The first-order valence-electron chi connectivity index (χ1n) is 7.67. The van der Waals surface area contributed by atoms with Crippen LogP contribution in [0.4, 0.5) is 13.2 Å². The number of ketones is 1. The van der Waals surface area contributed by atoms with Crippen molar-refractivity contribution >= 4 is 5.78 Å². The van der Waals surface area contributed by atoms with Gasteiger partial charge < -0.3 is 0 Å². The van der Waals surface area contributed by atoms with Crippen molar-refractivity contribution in [1.82, 2.24) is 0 Å². The zero-order chi connectivity index (χ0) is 15.4. The van der Waals surface area contributed by atoms with Crippen LogP contribution in [-0.4, -0.2) is 5.78 Å². The summed E-state index contributed by atoms with van der Waals surface area (Å²) in [5, 5.41) is 0.